The minimum atomic E-state index is 0.552. The molecule has 0 unspecified atom stereocenters. The van der Waals surface area contributed by atoms with Crippen molar-refractivity contribution in [3.63, 3.8) is 0 Å². The molecule has 1 aliphatic rings. The standard InChI is InChI=1S/C12H23N3S/c1-3-10(4-2)14-15-12(16)13-11-8-6-5-7-9-11/h11H,3-9H2,1-2H3,(H2,13,15,16). The summed E-state index contributed by atoms with van der Waals surface area (Å²) in [7, 11) is 0. The minimum absolute atomic E-state index is 0.552. The van der Waals surface area contributed by atoms with E-state index in [1.54, 1.807) is 0 Å². The van der Waals surface area contributed by atoms with Crippen LogP contribution in [0.5, 0.6) is 0 Å². The van der Waals surface area contributed by atoms with Gasteiger partial charge in [-0.2, -0.15) is 5.10 Å². The largest absolute Gasteiger partial charge is 0.359 e. The summed E-state index contributed by atoms with van der Waals surface area (Å²) in [4.78, 5) is 0. The maximum atomic E-state index is 5.22. The van der Waals surface area contributed by atoms with Crippen LogP contribution in [0, 0.1) is 0 Å². The fraction of sp³-hybridized carbons (Fsp3) is 0.833. The minimum Gasteiger partial charge on any atom is -0.359 e. The van der Waals surface area contributed by atoms with Gasteiger partial charge in [-0.15, -0.1) is 0 Å². The molecule has 0 aromatic carbocycles. The summed E-state index contributed by atoms with van der Waals surface area (Å²) in [6.07, 6.45) is 8.44. The molecule has 0 radical (unpaired) electrons. The van der Waals surface area contributed by atoms with Gasteiger partial charge in [-0.25, -0.2) is 0 Å². The lowest BCUT2D eigenvalue weighted by atomic mass is 9.96. The van der Waals surface area contributed by atoms with Gasteiger partial charge in [-0.3, -0.25) is 5.43 Å². The average molecular weight is 241 g/mol. The van der Waals surface area contributed by atoms with Crippen molar-refractivity contribution in [1.29, 1.82) is 0 Å². The lowest BCUT2D eigenvalue weighted by molar-refractivity contribution is 0.412. The number of hydrogen-bond donors (Lipinski definition) is 2. The van der Waals surface area contributed by atoms with Crippen molar-refractivity contribution in [3.05, 3.63) is 0 Å². The molecule has 0 amide bonds. The monoisotopic (exact) mass is 241 g/mol. The van der Waals surface area contributed by atoms with Crippen LogP contribution >= 0.6 is 12.2 Å². The van der Waals surface area contributed by atoms with E-state index < -0.39 is 0 Å². The SMILES string of the molecule is CCC(CC)=NNC(=S)NC1CCCCC1. The topological polar surface area (TPSA) is 36.4 Å². The molecule has 0 aromatic heterocycles. The van der Waals surface area contributed by atoms with E-state index in [-0.39, 0.29) is 0 Å². The van der Waals surface area contributed by atoms with Gasteiger partial charge >= 0.3 is 0 Å². The highest BCUT2D eigenvalue weighted by Gasteiger charge is 2.13. The van der Waals surface area contributed by atoms with Gasteiger partial charge in [0.05, 0.1) is 0 Å². The Balaban J connectivity index is 2.26. The van der Waals surface area contributed by atoms with E-state index in [4.69, 9.17) is 12.2 Å². The predicted molar refractivity (Wildman–Crippen MR) is 73.8 cm³/mol. The van der Waals surface area contributed by atoms with Crippen molar-refractivity contribution in [2.24, 2.45) is 5.10 Å². The molecule has 1 aliphatic carbocycles. The van der Waals surface area contributed by atoms with Gasteiger partial charge in [0, 0.05) is 11.8 Å². The maximum absolute atomic E-state index is 5.22. The molecule has 0 bridgehead atoms. The second-order valence-electron chi connectivity index (χ2n) is 4.31. The van der Waals surface area contributed by atoms with Gasteiger partial charge in [0.15, 0.2) is 5.11 Å². The smallest absolute Gasteiger partial charge is 0.187 e. The molecular formula is C12H23N3S. The van der Waals surface area contributed by atoms with Crippen LogP contribution in [0.4, 0.5) is 0 Å². The number of rotatable bonds is 4. The van der Waals surface area contributed by atoms with E-state index in [0.717, 1.165) is 18.6 Å². The number of thiocarbonyl (C=S) groups is 1. The summed E-state index contributed by atoms with van der Waals surface area (Å²) < 4.78 is 0. The third-order valence-electron chi connectivity index (χ3n) is 3.07. The Bertz CT molecular complexity index is 239. The summed E-state index contributed by atoms with van der Waals surface area (Å²) in [5.41, 5.74) is 4.10. The highest BCUT2D eigenvalue weighted by molar-refractivity contribution is 7.80. The summed E-state index contributed by atoms with van der Waals surface area (Å²) >= 11 is 5.22. The average Bonchev–Trinajstić information content (AvgIpc) is 2.31. The molecule has 0 saturated heterocycles. The van der Waals surface area contributed by atoms with E-state index in [2.05, 4.69) is 29.7 Å². The number of hydrazone groups is 1. The quantitative estimate of drug-likeness (QED) is 0.451. The van der Waals surface area contributed by atoms with Crippen LogP contribution in [0.25, 0.3) is 0 Å². The van der Waals surface area contributed by atoms with Crippen LogP contribution in [0.2, 0.25) is 0 Å². The van der Waals surface area contributed by atoms with E-state index in [1.807, 2.05) is 0 Å². The highest BCUT2D eigenvalue weighted by atomic mass is 32.1. The summed E-state index contributed by atoms with van der Waals surface area (Å²) in [6, 6.07) is 0.552. The highest BCUT2D eigenvalue weighted by Crippen LogP contribution is 2.17. The Hall–Kier alpha value is -0.640. The molecule has 0 atom stereocenters. The number of nitrogens with zero attached hydrogens (tertiary/aromatic N) is 1. The zero-order valence-corrected chi connectivity index (χ0v) is 11.2. The molecule has 0 aliphatic heterocycles. The Labute approximate surface area is 104 Å². The van der Waals surface area contributed by atoms with Crippen LogP contribution in [-0.2, 0) is 0 Å². The maximum Gasteiger partial charge on any atom is 0.187 e. The van der Waals surface area contributed by atoms with Crippen molar-refractivity contribution >= 4 is 23.0 Å². The zero-order valence-electron chi connectivity index (χ0n) is 10.4. The van der Waals surface area contributed by atoms with E-state index in [1.165, 1.54) is 32.1 Å². The molecule has 1 fully saturated rings. The number of hydrogen-bond acceptors (Lipinski definition) is 2. The number of nitrogens with one attached hydrogen (secondary N) is 2. The molecule has 4 heteroatoms. The molecule has 0 heterocycles. The normalized spacial score (nSPS) is 16.6. The Morgan fingerprint density at radius 2 is 1.81 bits per heavy atom. The van der Waals surface area contributed by atoms with E-state index in [9.17, 15) is 0 Å². The van der Waals surface area contributed by atoms with Gasteiger partial charge in [0.25, 0.3) is 0 Å². The molecule has 3 nitrogen and oxygen atoms in total. The first-order valence-electron chi connectivity index (χ1n) is 6.38. The lowest BCUT2D eigenvalue weighted by Crippen LogP contribution is -2.41. The first kappa shape index (κ1) is 13.4. The second-order valence-corrected chi connectivity index (χ2v) is 4.71. The first-order chi connectivity index (χ1) is 7.76. The van der Waals surface area contributed by atoms with Gasteiger partial charge in [-0.1, -0.05) is 33.1 Å². The Morgan fingerprint density at radius 1 is 1.19 bits per heavy atom. The third kappa shape index (κ3) is 4.92. The Morgan fingerprint density at radius 3 is 2.38 bits per heavy atom. The third-order valence-corrected chi connectivity index (χ3v) is 3.28. The van der Waals surface area contributed by atoms with E-state index >= 15 is 0 Å². The van der Waals surface area contributed by atoms with Gasteiger partial charge in [0.1, 0.15) is 0 Å². The lowest BCUT2D eigenvalue weighted by Gasteiger charge is -2.23. The molecule has 16 heavy (non-hydrogen) atoms. The van der Waals surface area contributed by atoms with Gasteiger partial charge in [-0.05, 0) is 37.9 Å². The molecule has 1 rings (SSSR count). The van der Waals surface area contributed by atoms with Crippen LogP contribution in [0.3, 0.4) is 0 Å². The van der Waals surface area contributed by atoms with Crippen LogP contribution < -0.4 is 10.7 Å². The summed E-state index contributed by atoms with van der Waals surface area (Å²) in [5, 5.41) is 8.30. The molecular weight excluding hydrogens is 218 g/mol. The Kier molecular flexibility index (Phi) is 6.38. The predicted octanol–water partition coefficient (Wildman–Crippen LogP) is 2.96. The zero-order chi connectivity index (χ0) is 11.8. The van der Waals surface area contributed by atoms with Crippen LogP contribution in [-0.4, -0.2) is 16.9 Å². The van der Waals surface area contributed by atoms with Gasteiger partial charge in [0.2, 0.25) is 0 Å². The van der Waals surface area contributed by atoms with Crippen molar-refractivity contribution in [2.45, 2.75) is 64.8 Å². The molecule has 1 saturated carbocycles. The molecule has 92 valence electrons. The van der Waals surface area contributed by atoms with Crippen molar-refractivity contribution in [1.82, 2.24) is 10.7 Å². The molecule has 0 aromatic rings. The van der Waals surface area contributed by atoms with Crippen LogP contribution in [0.15, 0.2) is 5.10 Å². The molecule has 2 N–H and O–H groups in total. The van der Waals surface area contributed by atoms with E-state index in [0.29, 0.717) is 11.2 Å². The van der Waals surface area contributed by atoms with Crippen molar-refractivity contribution in [3.8, 4) is 0 Å². The summed E-state index contributed by atoms with van der Waals surface area (Å²) in [5.74, 6) is 0. The second kappa shape index (κ2) is 7.60. The summed E-state index contributed by atoms with van der Waals surface area (Å²) in [6.45, 7) is 4.23. The first-order valence-corrected chi connectivity index (χ1v) is 6.79. The van der Waals surface area contributed by atoms with Crippen molar-refractivity contribution in [2.75, 3.05) is 0 Å². The fourth-order valence-electron chi connectivity index (χ4n) is 2.00. The fourth-order valence-corrected chi connectivity index (χ4v) is 2.21. The van der Waals surface area contributed by atoms with Gasteiger partial charge < -0.3 is 5.32 Å². The van der Waals surface area contributed by atoms with Crippen molar-refractivity contribution < 1.29 is 0 Å². The van der Waals surface area contributed by atoms with Crippen LogP contribution in [0.1, 0.15) is 58.8 Å². The molecule has 0 spiro atoms.